The van der Waals surface area contributed by atoms with Crippen LogP contribution in [0.5, 0.6) is 0 Å². The van der Waals surface area contributed by atoms with Crippen molar-refractivity contribution in [1.29, 1.82) is 0 Å². The second-order valence-corrected chi connectivity index (χ2v) is 8.97. The van der Waals surface area contributed by atoms with Crippen molar-refractivity contribution in [2.75, 3.05) is 19.8 Å². The maximum absolute atomic E-state index is 6.31. The third kappa shape index (κ3) is 4.28. The molecule has 1 aliphatic rings. The molecular weight excluding hydrogens is 280 g/mol. The van der Waals surface area contributed by atoms with Gasteiger partial charge in [0.25, 0.3) is 0 Å². The van der Waals surface area contributed by atoms with Gasteiger partial charge in [-0.3, -0.25) is 0 Å². The molecule has 0 spiro atoms. The normalized spacial score (nSPS) is 25.5. The molecule has 2 atom stereocenters. The summed E-state index contributed by atoms with van der Waals surface area (Å²) in [7, 11) is -2.78. The molecule has 0 amide bonds. The van der Waals surface area contributed by atoms with Gasteiger partial charge in [0.2, 0.25) is 0 Å². The molecule has 0 aromatic carbocycles. The van der Waals surface area contributed by atoms with Gasteiger partial charge in [-0.15, -0.1) is 0 Å². The largest absolute Gasteiger partial charge is 0.511 e. The molecule has 0 fully saturated rings. The van der Waals surface area contributed by atoms with Crippen LogP contribution >= 0.6 is 0 Å². The van der Waals surface area contributed by atoms with Crippen LogP contribution in [0.2, 0.25) is 5.04 Å². The van der Waals surface area contributed by atoms with Crippen molar-refractivity contribution in [3.05, 3.63) is 24.3 Å². The van der Waals surface area contributed by atoms with Crippen molar-refractivity contribution in [3.63, 3.8) is 0 Å². The highest BCUT2D eigenvalue weighted by atomic mass is 28.4. The maximum atomic E-state index is 6.31. The summed E-state index contributed by atoms with van der Waals surface area (Å²) in [5.74, 6) is 0.347. The smallest absolute Gasteiger partial charge is 0.373 e. The van der Waals surface area contributed by atoms with Gasteiger partial charge in [-0.2, -0.15) is 0 Å². The van der Waals surface area contributed by atoms with E-state index in [4.69, 9.17) is 13.3 Å². The van der Waals surface area contributed by atoms with Gasteiger partial charge in [-0.1, -0.05) is 58.9 Å². The Labute approximate surface area is 131 Å². The van der Waals surface area contributed by atoms with Crippen LogP contribution < -0.4 is 0 Å². The molecule has 0 saturated heterocycles. The van der Waals surface area contributed by atoms with E-state index in [2.05, 4.69) is 58.9 Å². The van der Waals surface area contributed by atoms with Crippen LogP contribution in [0.1, 0.15) is 53.9 Å². The first-order chi connectivity index (χ1) is 10.1. The lowest BCUT2D eigenvalue weighted by molar-refractivity contribution is 0.0363. The molecular formula is C17H32O3Si. The molecule has 122 valence electrons. The zero-order chi connectivity index (χ0) is 15.8. The van der Waals surface area contributed by atoms with Gasteiger partial charge >= 0.3 is 8.80 Å². The molecule has 0 aliphatic heterocycles. The molecule has 4 heteroatoms. The van der Waals surface area contributed by atoms with E-state index in [1.54, 1.807) is 0 Å². The Morgan fingerprint density at radius 3 is 1.76 bits per heavy atom. The highest BCUT2D eigenvalue weighted by Crippen LogP contribution is 2.50. The van der Waals surface area contributed by atoms with E-state index in [-0.39, 0.29) is 5.04 Å². The van der Waals surface area contributed by atoms with E-state index in [0.29, 0.717) is 25.7 Å². The van der Waals surface area contributed by atoms with Crippen LogP contribution in [0.15, 0.2) is 24.3 Å². The molecule has 0 saturated carbocycles. The van der Waals surface area contributed by atoms with Crippen molar-refractivity contribution < 1.29 is 13.3 Å². The van der Waals surface area contributed by atoms with E-state index < -0.39 is 8.80 Å². The Balaban J connectivity index is 3.10. The van der Waals surface area contributed by atoms with Crippen LogP contribution in [-0.4, -0.2) is 28.6 Å². The summed E-state index contributed by atoms with van der Waals surface area (Å²) in [5.41, 5.74) is 0. The lowest BCUT2D eigenvalue weighted by atomic mass is 9.90. The molecule has 21 heavy (non-hydrogen) atoms. The topological polar surface area (TPSA) is 27.7 Å². The minimum Gasteiger partial charge on any atom is -0.373 e. The van der Waals surface area contributed by atoms with Crippen molar-refractivity contribution in [1.82, 2.24) is 0 Å². The molecule has 0 bridgehead atoms. The SMILES string of the molecule is CCCO[Si](OCCC)(OCCC)C1(C)C=CC=CC1C. The number of hydrogen-bond donors (Lipinski definition) is 0. The van der Waals surface area contributed by atoms with Gasteiger partial charge in [-0.25, -0.2) is 0 Å². The molecule has 0 N–H and O–H groups in total. The fraction of sp³-hybridized carbons (Fsp3) is 0.765. The van der Waals surface area contributed by atoms with Gasteiger partial charge in [0, 0.05) is 19.8 Å². The minimum atomic E-state index is -2.78. The van der Waals surface area contributed by atoms with Crippen molar-refractivity contribution in [2.45, 2.75) is 58.9 Å². The van der Waals surface area contributed by atoms with Gasteiger partial charge in [-0.05, 0) is 25.2 Å². The van der Waals surface area contributed by atoms with Crippen molar-refractivity contribution in [3.8, 4) is 0 Å². The Morgan fingerprint density at radius 2 is 1.38 bits per heavy atom. The Kier molecular flexibility index (Phi) is 7.88. The highest BCUT2D eigenvalue weighted by Gasteiger charge is 2.59. The summed E-state index contributed by atoms with van der Waals surface area (Å²) in [6.07, 6.45) is 11.6. The molecule has 0 aromatic heterocycles. The van der Waals surface area contributed by atoms with Crippen LogP contribution in [0.3, 0.4) is 0 Å². The zero-order valence-electron chi connectivity index (χ0n) is 14.4. The molecule has 2 unspecified atom stereocenters. The van der Waals surface area contributed by atoms with Crippen molar-refractivity contribution in [2.24, 2.45) is 5.92 Å². The van der Waals surface area contributed by atoms with E-state index in [1.807, 2.05) is 0 Å². The van der Waals surface area contributed by atoms with E-state index in [1.165, 1.54) is 0 Å². The quantitative estimate of drug-likeness (QED) is 0.546. The zero-order valence-corrected chi connectivity index (χ0v) is 15.4. The lowest BCUT2D eigenvalue weighted by Crippen LogP contribution is -2.57. The molecule has 1 rings (SSSR count). The Morgan fingerprint density at radius 1 is 0.905 bits per heavy atom. The third-order valence-corrected chi connectivity index (χ3v) is 7.74. The van der Waals surface area contributed by atoms with Gasteiger partial charge < -0.3 is 13.3 Å². The first-order valence-electron chi connectivity index (χ1n) is 8.34. The average molecular weight is 313 g/mol. The molecule has 0 aromatic rings. The summed E-state index contributed by atoms with van der Waals surface area (Å²) in [4.78, 5) is 0. The van der Waals surface area contributed by atoms with Crippen LogP contribution in [0.25, 0.3) is 0 Å². The highest BCUT2D eigenvalue weighted by molar-refractivity contribution is 6.65. The summed E-state index contributed by atoms with van der Waals surface area (Å²) >= 11 is 0. The molecule has 3 nitrogen and oxygen atoms in total. The summed E-state index contributed by atoms with van der Waals surface area (Å²) in [5, 5.41) is -0.193. The van der Waals surface area contributed by atoms with Gasteiger partial charge in [0.15, 0.2) is 0 Å². The number of rotatable bonds is 10. The van der Waals surface area contributed by atoms with Crippen LogP contribution in [0.4, 0.5) is 0 Å². The second kappa shape index (κ2) is 8.88. The second-order valence-electron chi connectivity index (χ2n) is 5.92. The standard InChI is InChI=1S/C17H32O3Si/c1-6-13-18-21(19-14-7-2,20-15-8-3)17(5)12-10-9-11-16(17)4/h9-12,16H,6-8,13-15H2,1-5H3. The number of hydrogen-bond acceptors (Lipinski definition) is 3. The average Bonchev–Trinajstić information content (AvgIpc) is 2.50. The Hall–Kier alpha value is -0.423. The number of allylic oxidation sites excluding steroid dienone is 4. The van der Waals surface area contributed by atoms with E-state index in [9.17, 15) is 0 Å². The summed E-state index contributed by atoms with van der Waals surface area (Å²) < 4.78 is 18.9. The third-order valence-electron chi connectivity index (χ3n) is 4.05. The summed E-state index contributed by atoms with van der Waals surface area (Å²) in [6.45, 7) is 12.9. The first-order valence-corrected chi connectivity index (χ1v) is 10.1. The van der Waals surface area contributed by atoms with Crippen LogP contribution in [-0.2, 0) is 13.3 Å². The molecule has 1 aliphatic carbocycles. The van der Waals surface area contributed by atoms with Gasteiger partial charge in [0.05, 0.1) is 5.04 Å². The maximum Gasteiger partial charge on any atom is 0.511 e. The predicted molar refractivity (Wildman–Crippen MR) is 90.3 cm³/mol. The monoisotopic (exact) mass is 312 g/mol. The summed E-state index contributed by atoms with van der Waals surface area (Å²) in [6, 6.07) is 0. The fourth-order valence-corrected chi connectivity index (χ4v) is 6.08. The predicted octanol–water partition coefficient (Wildman–Crippen LogP) is 4.73. The minimum absolute atomic E-state index is 0.193. The van der Waals surface area contributed by atoms with Gasteiger partial charge in [0.1, 0.15) is 0 Å². The van der Waals surface area contributed by atoms with Crippen molar-refractivity contribution >= 4 is 8.80 Å². The molecule has 0 heterocycles. The first kappa shape index (κ1) is 18.6. The fourth-order valence-electron chi connectivity index (χ4n) is 2.52. The lowest BCUT2D eigenvalue weighted by Gasteiger charge is -2.45. The van der Waals surface area contributed by atoms with Crippen LogP contribution in [0, 0.1) is 5.92 Å². The molecule has 0 radical (unpaired) electrons. The van der Waals surface area contributed by atoms with E-state index >= 15 is 0 Å². The Bertz CT molecular complexity index is 332. The van der Waals surface area contributed by atoms with E-state index in [0.717, 1.165) is 19.3 Å².